The van der Waals surface area contributed by atoms with E-state index in [4.69, 9.17) is 4.74 Å². The van der Waals surface area contributed by atoms with Gasteiger partial charge in [-0.15, -0.1) is 0 Å². The number of nitrogens with one attached hydrogen (secondary N) is 1. The Labute approximate surface area is 193 Å². The lowest BCUT2D eigenvalue weighted by atomic mass is 10.0. The van der Waals surface area contributed by atoms with Crippen molar-refractivity contribution in [1.29, 1.82) is 0 Å². The van der Waals surface area contributed by atoms with E-state index in [0.29, 0.717) is 5.56 Å². The quantitative estimate of drug-likeness (QED) is 0.438. The van der Waals surface area contributed by atoms with Gasteiger partial charge in [0.05, 0.1) is 6.61 Å². The van der Waals surface area contributed by atoms with Crippen LogP contribution < -0.4 is 10.2 Å². The van der Waals surface area contributed by atoms with Crippen molar-refractivity contribution in [3.63, 3.8) is 0 Å². The van der Waals surface area contributed by atoms with Gasteiger partial charge in [0, 0.05) is 49.3 Å². The molecule has 0 atom stereocenters. The summed E-state index contributed by atoms with van der Waals surface area (Å²) in [6, 6.07) is 16.7. The minimum Gasteiger partial charge on any atom is -0.462 e. The first-order chi connectivity index (χ1) is 16.0. The average Bonchev–Trinajstić information content (AvgIpc) is 2.85. The molecule has 8 nitrogen and oxygen atoms in total. The lowest BCUT2D eigenvalue weighted by molar-refractivity contribution is 0.0522. The first kappa shape index (κ1) is 22.4. The Kier molecular flexibility index (Phi) is 6.95. The number of hydrogen-bond acceptors (Lipinski definition) is 8. The van der Waals surface area contributed by atoms with Crippen LogP contribution in [0.25, 0.3) is 0 Å². The molecular weight excluding hydrogens is 418 g/mol. The Balaban J connectivity index is 1.56. The van der Waals surface area contributed by atoms with E-state index in [0.717, 1.165) is 37.6 Å². The van der Waals surface area contributed by atoms with Crippen molar-refractivity contribution in [2.75, 3.05) is 50.1 Å². The summed E-state index contributed by atoms with van der Waals surface area (Å²) in [6.07, 6.45) is 1.34. The van der Waals surface area contributed by atoms with Gasteiger partial charge >= 0.3 is 5.97 Å². The van der Waals surface area contributed by atoms with E-state index in [-0.39, 0.29) is 29.6 Å². The minimum atomic E-state index is -0.625. The molecule has 1 aliphatic rings. The summed E-state index contributed by atoms with van der Waals surface area (Å²) in [7, 11) is 2.13. The molecule has 2 aromatic carbocycles. The molecular formula is C25H27N5O3. The molecule has 1 saturated heterocycles. The summed E-state index contributed by atoms with van der Waals surface area (Å²) in [5.74, 6) is -0.760. The Morgan fingerprint density at radius 3 is 2.36 bits per heavy atom. The fraction of sp³-hybridized carbons (Fsp3) is 0.280. The third kappa shape index (κ3) is 5.35. The number of carbonyl (C=O) groups is 2. The number of nitrogens with zero attached hydrogens (tertiary/aromatic N) is 4. The molecule has 0 amide bonds. The third-order valence-corrected chi connectivity index (χ3v) is 5.53. The molecule has 0 bridgehead atoms. The summed E-state index contributed by atoms with van der Waals surface area (Å²) in [5.41, 5.74) is 2.43. The predicted octanol–water partition coefficient (Wildman–Crippen LogP) is 3.38. The second kappa shape index (κ2) is 10.2. The van der Waals surface area contributed by atoms with Crippen molar-refractivity contribution in [3.8, 4) is 0 Å². The molecule has 33 heavy (non-hydrogen) atoms. The molecule has 8 heteroatoms. The molecule has 0 saturated carbocycles. The fourth-order valence-corrected chi connectivity index (χ4v) is 3.65. The van der Waals surface area contributed by atoms with Crippen LogP contribution in [0, 0.1) is 0 Å². The number of carbonyl (C=O) groups excluding carboxylic acids is 2. The topological polar surface area (TPSA) is 87.7 Å². The van der Waals surface area contributed by atoms with Crippen LogP contribution >= 0.6 is 0 Å². The highest BCUT2D eigenvalue weighted by atomic mass is 16.5. The number of ketones is 1. The van der Waals surface area contributed by atoms with Gasteiger partial charge in [0.1, 0.15) is 11.3 Å². The number of esters is 1. The fourth-order valence-electron chi connectivity index (χ4n) is 3.65. The van der Waals surface area contributed by atoms with Crippen LogP contribution in [0.15, 0.2) is 60.8 Å². The molecule has 170 valence electrons. The van der Waals surface area contributed by atoms with E-state index >= 15 is 0 Å². The molecule has 0 spiro atoms. The van der Waals surface area contributed by atoms with Gasteiger partial charge in [-0.3, -0.25) is 4.79 Å². The highest BCUT2D eigenvalue weighted by Crippen LogP contribution is 2.22. The number of ether oxygens (including phenoxy) is 1. The average molecular weight is 446 g/mol. The van der Waals surface area contributed by atoms with Gasteiger partial charge in [0.2, 0.25) is 11.7 Å². The highest BCUT2D eigenvalue weighted by Gasteiger charge is 2.23. The monoisotopic (exact) mass is 445 g/mol. The van der Waals surface area contributed by atoms with Gasteiger partial charge in [0.15, 0.2) is 0 Å². The van der Waals surface area contributed by atoms with Gasteiger partial charge < -0.3 is 19.9 Å². The predicted molar refractivity (Wildman–Crippen MR) is 127 cm³/mol. The summed E-state index contributed by atoms with van der Waals surface area (Å²) in [4.78, 5) is 38.8. The Bertz CT molecular complexity index is 1110. The van der Waals surface area contributed by atoms with Crippen LogP contribution in [0.3, 0.4) is 0 Å². The zero-order chi connectivity index (χ0) is 23.2. The maximum absolute atomic E-state index is 13.1. The van der Waals surface area contributed by atoms with Crippen molar-refractivity contribution < 1.29 is 14.3 Å². The zero-order valence-electron chi connectivity index (χ0n) is 18.8. The van der Waals surface area contributed by atoms with Gasteiger partial charge in [-0.05, 0) is 38.2 Å². The number of hydrogen-bond donors (Lipinski definition) is 1. The second-order valence-electron chi connectivity index (χ2n) is 7.83. The molecule has 1 aliphatic heterocycles. The molecule has 0 unspecified atom stereocenters. The van der Waals surface area contributed by atoms with Gasteiger partial charge in [-0.1, -0.05) is 30.3 Å². The number of likely N-dealkylation sites (N-methyl/N-ethyl adjacent to an activating group) is 1. The third-order valence-electron chi connectivity index (χ3n) is 5.53. The molecule has 1 N–H and O–H groups in total. The number of piperazine rings is 1. The Morgan fingerprint density at radius 2 is 1.70 bits per heavy atom. The van der Waals surface area contributed by atoms with Gasteiger partial charge in [0.25, 0.3) is 0 Å². The summed E-state index contributed by atoms with van der Waals surface area (Å²) < 4.78 is 5.09. The van der Waals surface area contributed by atoms with Crippen LogP contribution in [0.2, 0.25) is 0 Å². The highest BCUT2D eigenvalue weighted by molar-refractivity contribution is 6.13. The van der Waals surface area contributed by atoms with E-state index < -0.39 is 5.97 Å². The number of anilines is 3. The molecule has 1 aromatic heterocycles. The smallest absolute Gasteiger partial charge is 0.342 e. The maximum Gasteiger partial charge on any atom is 0.342 e. The standard InChI is InChI=1S/C25H27N5O3/c1-3-33-24(32)21-17-26-25(28-22(21)23(31)18-7-5-4-6-8-18)27-19-9-11-20(12-10-19)30-15-13-29(2)14-16-30/h4-12,17H,3,13-16H2,1-2H3,(H,26,27,28). The molecule has 1 fully saturated rings. The minimum absolute atomic E-state index is 0.00575. The largest absolute Gasteiger partial charge is 0.462 e. The number of benzene rings is 2. The van der Waals surface area contributed by atoms with E-state index in [9.17, 15) is 9.59 Å². The van der Waals surface area contributed by atoms with Crippen molar-refractivity contribution in [3.05, 3.63) is 77.6 Å². The maximum atomic E-state index is 13.1. The van der Waals surface area contributed by atoms with E-state index in [1.165, 1.54) is 6.20 Å². The van der Waals surface area contributed by atoms with Crippen LogP contribution in [0.5, 0.6) is 0 Å². The zero-order valence-corrected chi connectivity index (χ0v) is 18.8. The first-order valence-corrected chi connectivity index (χ1v) is 11.0. The summed E-state index contributed by atoms with van der Waals surface area (Å²) >= 11 is 0. The van der Waals surface area contributed by atoms with Crippen molar-refractivity contribution >= 4 is 29.1 Å². The van der Waals surface area contributed by atoms with Crippen molar-refractivity contribution in [2.45, 2.75) is 6.92 Å². The number of rotatable bonds is 7. The molecule has 3 aromatic rings. The molecule has 0 radical (unpaired) electrons. The summed E-state index contributed by atoms with van der Waals surface area (Å²) in [6.45, 7) is 5.97. The van der Waals surface area contributed by atoms with Crippen LogP contribution in [0.4, 0.5) is 17.3 Å². The summed E-state index contributed by atoms with van der Waals surface area (Å²) in [5, 5.41) is 3.13. The van der Waals surface area contributed by atoms with Crippen LogP contribution in [-0.4, -0.2) is 66.5 Å². The van der Waals surface area contributed by atoms with E-state index in [1.807, 2.05) is 18.2 Å². The lowest BCUT2D eigenvalue weighted by Gasteiger charge is -2.34. The second-order valence-corrected chi connectivity index (χ2v) is 7.83. The first-order valence-electron chi connectivity index (χ1n) is 11.0. The number of aromatic nitrogens is 2. The van der Waals surface area contributed by atoms with Crippen LogP contribution in [0.1, 0.15) is 33.3 Å². The molecule has 4 rings (SSSR count). The lowest BCUT2D eigenvalue weighted by Crippen LogP contribution is -2.44. The van der Waals surface area contributed by atoms with Gasteiger partial charge in [-0.2, -0.15) is 0 Å². The van der Waals surface area contributed by atoms with Crippen molar-refractivity contribution in [1.82, 2.24) is 14.9 Å². The van der Waals surface area contributed by atoms with Crippen LogP contribution in [-0.2, 0) is 4.74 Å². The Hall–Kier alpha value is -3.78. The SMILES string of the molecule is CCOC(=O)c1cnc(Nc2ccc(N3CCN(C)CC3)cc2)nc1C(=O)c1ccccc1. The van der Waals surface area contributed by atoms with E-state index in [1.54, 1.807) is 31.2 Å². The Morgan fingerprint density at radius 1 is 1.00 bits per heavy atom. The van der Waals surface area contributed by atoms with Crippen molar-refractivity contribution in [2.24, 2.45) is 0 Å². The molecule has 2 heterocycles. The van der Waals surface area contributed by atoms with E-state index in [2.05, 4.69) is 44.3 Å². The normalized spacial score (nSPS) is 14.1. The van der Waals surface area contributed by atoms with Gasteiger partial charge in [-0.25, -0.2) is 14.8 Å². The molecule has 0 aliphatic carbocycles.